The number of methoxy groups -OCH3 is 1. The van der Waals surface area contributed by atoms with E-state index in [0.29, 0.717) is 6.42 Å². The normalized spacial score (nSPS) is 14.9. The average molecular weight is 260 g/mol. The van der Waals surface area contributed by atoms with Gasteiger partial charge in [-0.2, -0.15) is 0 Å². The Bertz CT molecular complexity index is 282. The molecule has 0 saturated carbocycles. The van der Waals surface area contributed by atoms with Gasteiger partial charge in [-0.15, -0.1) is 0 Å². The van der Waals surface area contributed by atoms with E-state index in [-0.39, 0.29) is 24.4 Å². The molecule has 0 aliphatic heterocycles. The molecule has 4 N–H and O–H groups in total. The van der Waals surface area contributed by atoms with E-state index < -0.39 is 18.0 Å². The lowest BCUT2D eigenvalue weighted by Gasteiger charge is -2.24. The Kier molecular flexibility index (Phi) is 6.86. The van der Waals surface area contributed by atoms with Crippen LogP contribution in [0.15, 0.2) is 0 Å². The van der Waals surface area contributed by atoms with Gasteiger partial charge in [0.2, 0.25) is 5.91 Å². The van der Waals surface area contributed by atoms with Crippen LogP contribution < -0.4 is 11.1 Å². The second-order valence-corrected chi connectivity index (χ2v) is 5.51. The Morgan fingerprint density at radius 3 is 2.28 bits per heavy atom. The van der Waals surface area contributed by atoms with E-state index in [1.165, 1.54) is 7.11 Å². The smallest absolute Gasteiger partial charge is 0.308 e. The molecule has 0 aliphatic carbocycles. The van der Waals surface area contributed by atoms with Crippen molar-refractivity contribution in [1.82, 2.24) is 5.32 Å². The fourth-order valence-electron chi connectivity index (χ4n) is 1.63. The molecule has 0 fully saturated rings. The van der Waals surface area contributed by atoms with Crippen molar-refractivity contribution in [2.24, 2.45) is 17.1 Å². The number of carbonyl (C=O) groups excluding carboxylic acids is 1. The first kappa shape index (κ1) is 16.9. The SMILES string of the molecule is COC(CN)C(=O)NCC(CC(C)(C)C)C(=O)O. The first-order chi connectivity index (χ1) is 8.21. The zero-order valence-corrected chi connectivity index (χ0v) is 11.5. The number of nitrogens with one attached hydrogen (secondary N) is 1. The minimum absolute atomic E-state index is 0.0688. The van der Waals surface area contributed by atoms with E-state index in [1.54, 1.807) is 0 Å². The molecule has 0 heterocycles. The molecule has 0 saturated heterocycles. The van der Waals surface area contributed by atoms with E-state index >= 15 is 0 Å². The molecule has 0 aliphatic rings. The molecule has 0 aromatic carbocycles. The van der Waals surface area contributed by atoms with Gasteiger partial charge in [0.05, 0.1) is 5.92 Å². The van der Waals surface area contributed by atoms with Crippen LogP contribution in [0.2, 0.25) is 0 Å². The molecule has 2 atom stereocenters. The molecule has 0 radical (unpaired) electrons. The molecule has 2 unspecified atom stereocenters. The maximum Gasteiger partial charge on any atom is 0.308 e. The van der Waals surface area contributed by atoms with E-state index in [0.717, 1.165) is 0 Å². The van der Waals surface area contributed by atoms with Crippen LogP contribution in [0.3, 0.4) is 0 Å². The third-order valence-electron chi connectivity index (χ3n) is 2.52. The highest BCUT2D eigenvalue weighted by Gasteiger charge is 2.26. The summed E-state index contributed by atoms with van der Waals surface area (Å²) in [6.07, 6.45) is -0.239. The number of carboxylic acids is 1. The van der Waals surface area contributed by atoms with Crippen LogP contribution in [-0.4, -0.2) is 43.3 Å². The summed E-state index contributed by atoms with van der Waals surface area (Å²) < 4.78 is 4.87. The number of nitrogens with two attached hydrogens (primary N) is 1. The van der Waals surface area contributed by atoms with Crippen LogP contribution in [-0.2, 0) is 14.3 Å². The Balaban J connectivity index is 4.36. The summed E-state index contributed by atoms with van der Waals surface area (Å²) in [4.78, 5) is 22.7. The highest BCUT2D eigenvalue weighted by atomic mass is 16.5. The fraction of sp³-hybridized carbons (Fsp3) is 0.833. The Hall–Kier alpha value is -1.14. The number of hydrogen-bond acceptors (Lipinski definition) is 4. The summed E-state index contributed by atoms with van der Waals surface area (Å²) in [7, 11) is 1.39. The highest BCUT2D eigenvalue weighted by molar-refractivity contribution is 5.81. The fourth-order valence-corrected chi connectivity index (χ4v) is 1.63. The summed E-state index contributed by atoms with van der Waals surface area (Å²) in [5, 5.41) is 11.7. The largest absolute Gasteiger partial charge is 0.481 e. The summed E-state index contributed by atoms with van der Waals surface area (Å²) >= 11 is 0. The predicted molar refractivity (Wildman–Crippen MR) is 68.1 cm³/mol. The van der Waals surface area contributed by atoms with Crippen molar-refractivity contribution in [3.63, 3.8) is 0 Å². The molecule has 0 bridgehead atoms. The van der Waals surface area contributed by atoms with Crippen molar-refractivity contribution in [3.8, 4) is 0 Å². The van der Waals surface area contributed by atoms with E-state index in [1.807, 2.05) is 20.8 Å². The van der Waals surface area contributed by atoms with Crippen molar-refractivity contribution in [3.05, 3.63) is 0 Å². The van der Waals surface area contributed by atoms with E-state index in [9.17, 15) is 9.59 Å². The second kappa shape index (κ2) is 7.33. The minimum atomic E-state index is -0.910. The van der Waals surface area contributed by atoms with Crippen molar-refractivity contribution >= 4 is 11.9 Å². The average Bonchev–Trinajstić information content (AvgIpc) is 2.24. The molecular weight excluding hydrogens is 236 g/mol. The van der Waals surface area contributed by atoms with Crippen LogP contribution in [0, 0.1) is 11.3 Å². The number of ether oxygens (including phenoxy) is 1. The van der Waals surface area contributed by atoms with Crippen LogP contribution in [0.25, 0.3) is 0 Å². The van der Waals surface area contributed by atoms with Gasteiger partial charge < -0.3 is 20.9 Å². The maximum absolute atomic E-state index is 11.6. The zero-order chi connectivity index (χ0) is 14.3. The number of rotatable bonds is 7. The van der Waals surface area contributed by atoms with Crippen LogP contribution in [0.4, 0.5) is 0 Å². The summed E-state index contributed by atoms with van der Waals surface area (Å²) in [6, 6.07) is 0. The standard InChI is InChI=1S/C12H24N2O4/c1-12(2,3)5-8(11(16)17)7-14-10(15)9(6-13)18-4/h8-9H,5-7,13H2,1-4H3,(H,14,15)(H,16,17). The van der Waals surface area contributed by atoms with Gasteiger partial charge >= 0.3 is 5.97 Å². The first-order valence-electron chi connectivity index (χ1n) is 5.94. The molecule has 106 valence electrons. The van der Waals surface area contributed by atoms with Crippen molar-refractivity contribution in [2.45, 2.75) is 33.3 Å². The molecule has 0 aromatic heterocycles. The van der Waals surface area contributed by atoms with Gasteiger partial charge in [-0.05, 0) is 11.8 Å². The lowest BCUT2D eigenvalue weighted by molar-refractivity contribution is -0.143. The second-order valence-electron chi connectivity index (χ2n) is 5.51. The number of amides is 1. The first-order valence-corrected chi connectivity index (χ1v) is 5.94. The number of carbonyl (C=O) groups is 2. The number of aliphatic carboxylic acids is 1. The Labute approximate surface area is 108 Å². The quantitative estimate of drug-likeness (QED) is 0.607. The van der Waals surface area contributed by atoms with Crippen molar-refractivity contribution in [2.75, 3.05) is 20.2 Å². The molecular formula is C12H24N2O4. The van der Waals surface area contributed by atoms with E-state index in [4.69, 9.17) is 15.6 Å². The summed E-state index contributed by atoms with van der Waals surface area (Å²) in [6.45, 7) is 6.04. The van der Waals surface area contributed by atoms with Crippen LogP contribution in [0.1, 0.15) is 27.2 Å². The van der Waals surface area contributed by atoms with Gasteiger partial charge in [-0.1, -0.05) is 20.8 Å². The van der Waals surface area contributed by atoms with Gasteiger partial charge in [0, 0.05) is 20.2 Å². The van der Waals surface area contributed by atoms with Gasteiger partial charge in [0.15, 0.2) is 0 Å². The molecule has 0 spiro atoms. The van der Waals surface area contributed by atoms with Gasteiger partial charge in [0.1, 0.15) is 6.10 Å². The third kappa shape index (κ3) is 6.56. The predicted octanol–water partition coefficient (Wildman–Crippen LogP) is 0.213. The Morgan fingerprint density at radius 2 is 1.94 bits per heavy atom. The number of hydrogen-bond donors (Lipinski definition) is 3. The molecule has 1 amide bonds. The minimum Gasteiger partial charge on any atom is -0.481 e. The molecule has 18 heavy (non-hydrogen) atoms. The van der Waals surface area contributed by atoms with Crippen LogP contribution in [0.5, 0.6) is 0 Å². The summed E-state index contributed by atoms with van der Waals surface area (Å²) in [5.74, 6) is -1.89. The molecule has 0 rings (SSSR count). The van der Waals surface area contributed by atoms with Gasteiger partial charge in [0.25, 0.3) is 0 Å². The van der Waals surface area contributed by atoms with Gasteiger partial charge in [-0.25, -0.2) is 0 Å². The highest BCUT2D eigenvalue weighted by Crippen LogP contribution is 2.24. The maximum atomic E-state index is 11.6. The van der Waals surface area contributed by atoms with E-state index in [2.05, 4.69) is 5.32 Å². The van der Waals surface area contributed by atoms with Crippen molar-refractivity contribution < 1.29 is 19.4 Å². The number of carboxylic acid groups (broad SMARTS) is 1. The topological polar surface area (TPSA) is 102 Å². The zero-order valence-electron chi connectivity index (χ0n) is 11.5. The summed E-state index contributed by atoms with van der Waals surface area (Å²) in [5.41, 5.74) is 5.24. The Morgan fingerprint density at radius 1 is 1.39 bits per heavy atom. The molecule has 0 aromatic rings. The third-order valence-corrected chi connectivity index (χ3v) is 2.52. The van der Waals surface area contributed by atoms with Crippen molar-refractivity contribution in [1.29, 1.82) is 0 Å². The van der Waals surface area contributed by atoms with Gasteiger partial charge in [-0.3, -0.25) is 9.59 Å². The molecule has 6 nitrogen and oxygen atoms in total. The lowest BCUT2D eigenvalue weighted by Crippen LogP contribution is -2.43. The lowest BCUT2D eigenvalue weighted by atomic mass is 9.84. The van der Waals surface area contributed by atoms with Crippen LogP contribution >= 0.6 is 0 Å². The molecule has 6 heteroatoms. The monoisotopic (exact) mass is 260 g/mol.